The zero-order chi connectivity index (χ0) is 15.5. The summed E-state index contributed by atoms with van der Waals surface area (Å²) in [6.07, 6.45) is 0.287. The van der Waals surface area contributed by atoms with Crippen LogP contribution in [0.1, 0.15) is 18.4 Å². The van der Waals surface area contributed by atoms with Crippen LogP contribution in [0, 0.1) is 11.3 Å². The maximum Gasteiger partial charge on any atom is 0.513 e. The molecule has 1 aromatic carbocycles. The molecule has 1 rings (SSSR count). The number of ether oxygens (including phenoxy) is 3. The standard InChI is InChI=1S/C14H16N2O5/c15-9-11-3-5-12(6-4-11)21-14(18)20-8-2-1-7-19-13(17)10-16/h3-6H,1-2,7-8,10,16H2. The zero-order valence-electron chi connectivity index (χ0n) is 11.4. The molecular weight excluding hydrogens is 276 g/mol. The van der Waals surface area contributed by atoms with Crippen LogP contribution in [-0.4, -0.2) is 31.9 Å². The van der Waals surface area contributed by atoms with Gasteiger partial charge in [0.15, 0.2) is 0 Å². The maximum atomic E-state index is 11.3. The lowest BCUT2D eigenvalue weighted by molar-refractivity contribution is -0.142. The number of nitrogens with zero attached hydrogens (tertiary/aromatic N) is 1. The lowest BCUT2D eigenvalue weighted by Crippen LogP contribution is -2.17. The normalized spacial score (nSPS) is 9.52. The Morgan fingerprint density at radius 3 is 2.29 bits per heavy atom. The van der Waals surface area contributed by atoms with Crippen LogP contribution in [0.15, 0.2) is 24.3 Å². The molecule has 7 heteroatoms. The second-order valence-electron chi connectivity index (χ2n) is 3.97. The third-order valence-corrected chi connectivity index (χ3v) is 2.37. The summed E-state index contributed by atoms with van der Waals surface area (Å²) in [5.41, 5.74) is 5.54. The van der Waals surface area contributed by atoms with E-state index in [4.69, 9.17) is 25.2 Å². The number of rotatable bonds is 7. The molecule has 0 aliphatic rings. The van der Waals surface area contributed by atoms with Crippen molar-refractivity contribution in [3.63, 3.8) is 0 Å². The van der Waals surface area contributed by atoms with E-state index in [2.05, 4.69) is 0 Å². The van der Waals surface area contributed by atoms with E-state index in [1.165, 1.54) is 24.3 Å². The van der Waals surface area contributed by atoms with Crippen molar-refractivity contribution in [3.8, 4) is 11.8 Å². The van der Waals surface area contributed by atoms with Crippen molar-refractivity contribution in [1.29, 1.82) is 5.26 Å². The minimum Gasteiger partial charge on any atom is -0.465 e. The maximum absolute atomic E-state index is 11.3. The fourth-order valence-corrected chi connectivity index (χ4v) is 1.33. The quantitative estimate of drug-likeness (QED) is 0.458. The van der Waals surface area contributed by atoms with Crippen molar-refractivity contribution in [2.45, 2.75) is 12.8 Å². The van der Waals surface area contributed by atoms with Crippen LogP contribution in [0.5, 0.6) is 5.75 Å². The molecule has 1 aromatic rings. The Balaban J connectivity index is 2.13. The summed E-state index contributed by atoms with van der Waals surface area (Å²) in [6.45, 7) is 0.257. The van der Waals surface area contributed by atoms with Crippen LogP contribution in [-0.2, 0) is 14.3 Å². The monoisotopic (exact) mass is 292 g/mol. The molecule has 0 spiro atoms. The third kappa shape index (κ3) is 6.94. The van der Waals surface area contributed by atoms with Crippen LogP contribution in [0.4, 0.5) is 4.79 Å². The molecule has 0 unspecified atom stereocenters. The highest BCUT2D eigenvalue weighted by Gasteiger charge is 2.06. The van der Waals surface area contributed by atoms with Gasteiger partial charge in [0.1, 0.15) is 5.75 Å². The van der Waals surface area contributed by atoms with Gasteiger partial charge in [-0.3, -0.25) is 4.79 Å². The van der Waals surface area contributed by atoms with E-state index in [9.17, 15) is 9.59 Å². The van der Waals surface area contributed by atoms with Gasteiger partial charge in [0.05, 0.1) is 31.4 Å². The smallest absolute Gasteiger partial charge is 0.465 e. The van der Waals surface area contributed by atoms with Gasteiger partial charge in [0, 0.05) is 0 Å². The number of carbonyl (C=O) groups is 2. The van der Waals surface area contributed by atoms with E-state index in [1.807, 2.05) is 6.07 Å². The molecule has 0 heterocycles. The van der Waals surface area contributed by atoms with Gasteiger partial charge >= 0.3 is 12.1 Å². The Morgan fingerprint density at radius 1 is 1.10 bits per heavy atom. The fourth-order valence-electron chi connectivity index (χ4n) is 1.33. The summed E-state index contributed by atoms with van der Waals surface area (Å²) in [6, 6.07) is 8.04. The van der Waals surface area contributed by atoms with E-state index in [0.717, 1.165) is 0 Å². The molecule has 0 amide bonds. The summed E-state index contributed by atoms with van der Waals surface area (Å²) < 4.78 is 14.5. The van der Waals surface area contributed by atoms with E-state index in [0.29, 0.717) is 24.2 Å². The summed E-state index contributed by atoms with van der Waals surface area (Å²) in [5.74, 6) is -0.160. The van der Waals surface area contributed by atoms with Gasteiger partial charge in [-0.05, 0) is 37.1 Å². The van der Waals surface area contributed by atoms with Crippen LogP contribution < -0.4 is 10.5 Å². The predicted octanol–water partition coefficient (Wildman–Crippen LogP) is 1.36. The van der Waals surface area contributed by atoms with Crippen LogP contribution in [0.25, 0.3) is 0 Å². The molecule has 7 nitrogen and oxygen atoms in total. The number of esters is 1. The van der Waals surface area contributed by atoms with E-state index < -0.39 is 12.1 Å². The number of hydrogen-bond acceptors (Lipinski definition) is 7. The molecule has 0 atom stereocenters. The highest BCUT2D eigenvalue weighted by molar-refractivity contribution is 5.71. The van der Waals surface area contributed by atoms with Gasteiger partial charge < -0.3 is 19.9 Å². The summed E-state index contributed by atoms with van der Waals surface area (Å²) >= 11 is 0. The Morgan fingerprint density at radius 2 is 1.71 bits per heavy atom. The summed E-state index contributed by atoms with van der Waals surface area (Å²) in [5, 5.41) is 8.63. The second kappa shape index (κ2) is 9.34. The minimum atomic E-state index is -0.821. The first-order valence-corrected chi connectivity index (χ1v) is 6.36. The summed E-state index contributed by atoms with van der Waals surface area (Å²) in [7, 11) is 0. The molecular formula is C14H16N2O5. The number of nitriles is 1. The van der Waals surface area contributed by atoms with Crippen LogP contribution >= 0.6 is 0 Å². The number of hydrogen-bond donors (Lipinski definition) is 1. The molecule has 2 N–H and O–H groups in total. The number of unbranched alkanes of at least 4 members (excludes halogenated alkanes) is 1. The fraction of sp³-hybridized carbons (Fsp3) is 0.357. The molecule has 21 heavy (non-hydrogen) atoms. The molecule has 0 radical (unpaired) electrons. The Labute approximate surface area is 122 Å². The molecule has 112 valence electrons. The van der Waals surface area contributed by atoms with Crippen LogP contribution in [0.2, 0.25) is 0 Å². The topological polar surface area (TPSA) is 112 Å². The van der Waals surface area contributed by atoms with Crippen molar-refractivity contribution in [1.82, 2.24) is 0 Å². The highest BCUT2D eigenvalue weighted by Crippen LogP contribution is 2.12. The lowest BCUT2D eigenvalue weighted by atomic mass is 10.2. The first-order valence-electron chi connectivity index (χ1n) is 6.36. The van der Waals surface area contributed by atoms with Crippen molar-refractivity contribution in [3.05, 3.63) is 29.8 Å². The van der Waals surface area contributed by atoms with Gasteiger partial charge in [-0.25, -0.2) is 4.79 Å². The summed E-state index contributed by atoms with van der Waals surface area (Å²) in [4.78, 5) is 22.1. The Bertz CT molecular complexity index is 507. The van der Waals surface area contributed by atoms with E-state index in [1.54, 1.807) is 0 Å². The lowest BCUT2D eigenvalue weighted by Gasteiger charge is -2.06. The molecule has 0 fully saturated rings. The van der Waals surface area contributed by atoms with Crippen molar-refractivity contribution in [2.75, 3.05) is 19.8 Å². The first-order chi connectivity index (χ1) is 10.2. The van der Waals surface area contributed by atoms with Crippen molar-refractivity contribution < 1.29 is 23.8 Å². The third-order valence-electron chi connectivity index (χ3n) is 2.37. The molecule has 0 aliphatic carbocycles. The molecule has 0 aromatic heterocycles. The number of carbonyl (C=O) groups excluding carboxylic acids is 2. The molecule has 0 bridgehead atoms. The Kier molecular flexibility index (Phi) is 7.32. The van der Waals surface area contributed by atoms with E-state index >= 15 is 0 Å². The van der Waals surface area contributed by atoms with E-state index in [-0.39, 0.29) is 19.8 Å². The average Bonchev–Trinajstić information content (AvgIpc) is 2.51. The minimum absolute atomic E-state index is 0.145. The number of benzene rings is 1. The molecule has 0 saturated carbocycles. The predicted molar refractivity (Wildman–Crippen MR) is 72.4 cm³/mol. The SMILES string of the molecule is N#Cc1ccc(OC(=O)OCCCCOC(=O)CN)cc1. The largest absolute Gasteiger partial charge is 0.513 e. The van der Waals surface area contributed by atoms with Gasteiger partial charge in [-0.1, -0.05) is 0 Å². The van der Waals surface area contributed by atoms with Crippen LogP contribution in [0.3, 0.4) is 0 Å². The highest BCUT2D eigenvalue weighted by atomic mass is 16.7. The molecule has 0 aliphatic heterocycles. The Hall–Kier alpha value is -2.59. The second-order valence-corrected chi connectivity index (χ2v) is 3.97. The van der Waals surface area contributed by atoms with Gasteiger partial charge in [-0.15, -0.1) is 0 Å². The number of nitrogens with two attached hydrogens (primary N) is 1. The average molecular weight is 292 g/mol. The zero-order valence-corrected chi connectivity index (χ0v) is 11.4. The van der Waals surface area contributed by atoms with Crippen molar-refractivity contribution >= 4 is 12.1 Å². The first kappa shape index (κ1) is 16.5. The van der Waals surface area contributed by atoms with Gasteiger partial charge in [-0.2, -0.15) is 5.26 Å². The van der Waals surface area contributed by atoms with Crippen molar-refractivity contribution in [2.24, 2.45) is 5.73 Å². The van der Waals surface area contributed by atoms with Gasteiger partial charge in [0.25, 0.3) is 0 Å². The van der Waals surface area contributed by atoms with Gasteiger partial charge in [0.2, 0.25) is 0 Å². The molecule has 0 saturated heterocycles.